The van der Waals surface area contributed by atoms with Crippen LogP contribution in [0.15, 0.2) is 24.3 Å². The summed E-state index contributed by atoms with van der Waals surface area (Å²) in [5.74, 6) is 0.874. The second-order valence-corrected chi connectivity index (χ2v) is 3.94. The molecule has 0 radical (unpaired) electrons. The molecule has 1 aromatic carbocycles. The molecule has 0 aliphatic rings. The molecule has 0 N–H and O–H groups in total. The summed E-state index contributed by atoms with van der Waals surface area (Å²) in [4.78, 5) is 0. The van der Waals surface area contributed by atoms with Gasteiger partial charge in [0.1, 0.15) is 5.75 Å². The lowest BCUT2D eigenvalue weighted by atomic mass is 10.1. The molecule has 84 valence electrons. The highest BCUT2D eigenvalue weighted by Gasteiger charge is 2.10. The van der Waals surface area contributed by atoms with Crippen LogP contribution in [0.2, 0.25) is 0 Å². The van der Waals surface area contributed by atoms with Gasteiger partial charge in [-0.2, -0.15) is 0 Å². The largest absolute Gasteiger partial charge is 0.497 e. The molecule has 1 rings (SSSR count). The number of hydrogen-bond donors (Lipinski definition) is 0. The maximum Gasteiger partial charge on any atom is 0.119 e. The lowest BCUT2D eigenvalue weighted by Gasteiger charge is -2.15. The standard InChI is InChI=1S/C12H17BrO2/c1-3-7-15-12(9-13)10-5-4-6-11(8-10)14-2/h4-6,8,12H,3,7,9H2,1-2H3. The summed E-state index contributed by atoms with van der Waals surface area (Å²) in [6.07, 6.45) is 1.15. The van der Waals surface area contributed by atoms with Gasteiger partial charge in [0.15, 0.2) is 0 Å². The van der Waals surface area contributed by atoms with Gasteiger partial charge in [-0.1, -0.05) is 35.0 Å². The van der Waals surface area contributed by atoms with Crippen LogP contribution in [0.1, 0.15) is 25.0 Å². The molecule has 0 amide bonds. The highest BCUT2D eigenvalue weighted by molar-refractivity contribution is 9.09. The molecule has 0 aliphatic carbocycles. The van der Waals surface area contributed by atoms with Gasteiger partial charge >= 0.3 is 0 Å². The molecule has 0 saturated carbocycles. The van der Waals surface area contributed by atoms with Gasteiger partial charge < -0.3 is 9.47 Å². The average Bonchev–Trinajstić information content (AvgIpc) is 2.30. The number of alkyl halides is 1. The normalized spacial score (nSPS) is 12.5. The van der Waals surface area contributed by atoms with Crippen molar-refractivity contribution in [2.45, 2.75) is 19.4 Å². The van der Waals surface area contributed by atoms with Gasteiger partial charge in [-0.15, -0.1) is 0 Å². The van der Waals surface area contributed by atoms with Crippen LogP contribution in [0.3, 0.4) is 0 Å². The SMILES string of the molecule is CCCOC(CBr)c1cccc(OC)c1. The predicted octanol–water partition coefficient (Wildman–Crippen LogP) is 3.56. The Balaban J connectivity index is 2.72. The Kier molecular flexibility index (Phi) is 5.73. The lowest BCUT2D eigenvalue weighted by Crippen LogP contribution is -2.06. The summed E-state index contributed by atoms with van der Waals surface area (Å²) >= 11 is 3.46. The van der Waals surface area contributed by atoms with Crippen molar-refractivity contribution in [3.8, 4) is 5.75 Å². The molecule has 15 heavy (non-hydrogen) atoms. The van der Waals surface area contributed by atoms with Crippen molar-refractivity contribution >= 4 is 15.9 Å². The van der Waals surface area contributed by atoms with E-state index in [2.05, 4.69) is 28.9 Å². The Hall–Kier alpha value is -0.540. The first-order chi connectivity index (χ1) is 7.31. The first-order valence-electron chi connectivity index (χ1n) is 5.13. The summed E-state index contributed by atoms with van der Waals surface area (Å²) < 4.78 is 10.9. The van der Waals surface area contributed by atoms with Crippen molar-refractivity contribution in [1.82, 2.24) is 0 Å². The summed E-state index contributed by atoms with van der Waals surface area (Å²) in [5.41, 5.74) is 1.15. The van der Waals surface area contributed by atoms with Crippen LogP contribution in [0.4, 0.5) is 0 Å². The van der Waals surface area contributed by atoms with E-state index < -0.39 is 0 Å². The van der Waals surface area contributed by atoms with Crippen molar-refractivity contribution in [2.24, 2.45) is 0 Å². The maximum atomic E-state index is 5.72. The van der Waals surface area contributed by atoms with Crippen LogP contribution in [-0.2, 0) is 4.74 Å². The van der Waals surface area contributed by atoms with E-state index in [9.17, 15) is 0 Å². The number of ether oxygens (including phenoxy) is 2. The Morgan fingerprint density at radius 1 is 1.40 bits per heavy atom. The number of benzene rings is 1. The van der Waals surface area contributed by atoms with Gasteiger partial charge in [-0.25, -0.2) is 0 Å². The van der Waals surface area contributed by atoms with Crippen molar-refractivity contribution in [2.75, 3.05) is 19.0 Å². The first kappa shape index (κ1) is 12.5. The molecule has 1 atom stereocenters. The maximum absolute atomic E-state index is 5.72. The van der Waals surface area contributed by atoms with E-state index in [0.717, 1.165) is 29.7 Å². The smallest absolute Gasteiger partial charge is 0.119 e. The molecule has 0 aliphatic heterocycles. The van der Waals surface area contributed by atoms with E-state index in [-0.39, 0.29) is 6.10 Å². The van der Waals surface area contributed by atoms with E-state index in [1.807, 2.05) is 18.2 Å². The third kappa shape index (κ3) is 3.84. The molecule has 1 aromatic rings. The second kappa shape index (κ2) is 6.85. The molecule has 2 nitrogen and oxygen atoms in total. The third-order valence-corrected chi connectivity index (χ3v) is 2.72. The zero-order valence-corrected chi connectivity index (χ0v) is 10.8. The second-order valence-electron chi connectivity index (χ2n) is 3.29. The molecule has 0 saturated heterocycles. The molecular formula is C12H17BrO2. The van der Waals surface area contributed by atoms with Crippen LogP contribution in [0.25, 0.3) is 0 Å². The van der Waals surface area contributed by atoms with Gasteiger partial charge in [-0.05, 0) is 24.1 Å². The van der Waals surface area contributed by atoms with Crippen LogP contribution in [0.5, 0.6) is 5.75 Å². The fraction of sp³-hybridized carbons (Fsp3) is 0.500. The molecule has 0 fully saturated rings. The minimum Gasteiger partial charge on any atom is -0.497 e. The quantitative estimate of drug-likeness (QED) is 0.738. The van der Waals surface area contributed by atoms with Gasteiger partial charge in [0, 0.05) is 11.9 Å². The van der Waals surface area contributed by atoms with Crippen molar-refractivity contribution in [3.05, 3.63) is 29.8 Å². The summed E-state index contributed by atoms with van der Waals surface area (Å²) in [7, 11) is 1.68. The van der Waals surface area contributed by atoms with Crippen LogP contribution < -0.4 is 4.74 Å². The minimum atomic E-state index is 0.111. The van der Waals surface area contributed by atoms with E-state index >= 15 is 0 Å². The van der Waals surface area contributed by atoms with Gasteiger partial charge in [0.05, 0.1) is 13.2 Å². The first-order valence-corrected chi connectivity index (χ1v) is 6.25. The van der Waals surface area contributed by atoms with E-state index in [4.69, 9.17) is 9.47 Å². The van der Waals surface area contributed by atoms with Crippen LogP contribution in [-0.4, -0.2) is 19.0 Å². The summed E-state index contributed by atoms with van der Waals surface area (Å²) in [6, 6.07) is 8.00. The molecule has 3 heteroatoms. The molecule has 0 spiro atoms. The number of methoxy groups -OCH3 is 1. The molecule has 1 unspecified atom stereocenters. The molecule has 0 aromatic heterocycles. The fourth-order valence-corrected chi connectivity index (χ4v) is 1.89. The number of rotatable bonds is 6. The zero-order chi connectivity index (χ0) is 11.1. The topological polar surface area (TPSA) is 18.5 Å². The monoisotopic (exact) mass is 272 g/mol. The third-order valence-electron chi connectivity index (χ3n) is 2.13. The fourth-order valence-electron chi connectivity index (χ4n) is 1.33. The van der Waals surface area contributed by atoms with Gasteiger partial charge in [0.2, 0.25) is 0 Å². The van der Waals surface area contributed by atoms with Crippen molar-refractivity contribution < 1.29 is 9.47 Å². The molecule has 0 heterocycles. The van der Waals surface area contributed by atoms with Crippen molar-refractivity contribution in [3.63, 3.8) is 0 Å². The van der Waals surface area contributed by atoms with E-state index in [0.29, 0.717) is 0 Å². The van der Waals surface area contributed by atoms with E-state index in [1.165, 1.54) is 0 Å². The zero-order valence-electron chi connectivity index (χ0n) is 9.20. The summed E-state index contributed by atoms with van der Waals surface area (Å²) in [6.45, 7) is 2.89. The lowest BCUT2D eigenvalue weighted by molar-refractivity contribution is 0.0702. The van der Waals surface area contributed by atoms with Crippen LogP contribution in [0, 0.1) is 0 Å². The Morgan fingerprint density at radius 3 is 2.80 bits per heavy atom. The van der Waals surface area contributed by atoms with Gasteiger partial charge in [-0.3, -0.25) is 0 Å². The highest BCUT2D eigenvalue weighted by atomic mass is 79.9. The number of hydrogen-bond acceptors (Lipinski definition) is 2. The van der Waals surface area contributed by atoms with Crippen LogP contribution >= 0.6 is 15.9 Å². The average molecular weight is 273 g/mol. The van der Waals surface area contributed by atoms with E-state index in [1.54, 1.807) is 7.11 Å². The molecule has 0 bridgehead atoms. The predicted molar refractivity (Wildman–Crippen MR) is 65.8 cm³/mol. The molecular weight excluding hydrogens is 256 g/mol. The number of halogens is 1. The minimum absolute atomic E-state index is 0.111. The van der Waals surface area contributed by atoms with Crippen molar-refractivity contribution in [1.29, 1.82) is 0 Å². The summed E-state index contributed by atoms with van der Waals surface area (Å²) in [5, 5.41) is 0.806. The Labute approximate surface area is 99.7 Å². The van der Waals surface area contributed by atoms with Gasteiger partial charge in [0.25, 0.3) is 0 Å². The highest BCUT2D eigenvalue weighted by Crippen LogP contribution is 2.23. The Morgan fingerprint density at radius 2 is 2.20 bits per heavy atom. The Bertz CT molecular complexity index is 289.